The Morgan fingerprint density at radius 2 is 2.16 bits per heavy atom. The summed E-state index contributed by atoms with van der Waals surface area (Å²) in [4.78, 5) is 4.18. The third kappa shape index (κ3) is 2.35. The molecular weight excluding hydrogens is 240 g/mol. The maximum atomic E-state index is 5.04. The molecule has 0 spiro atoms. The number of hydrogen-bond donors (Lipinski definition) is 2. The Morgan fingerprint density at radius 3 is 2.95 bits per heavy atom. The van der Waals surface area contributed by atoms with Crippen molar-refractivity contribution >= 4 is 16.6 Å². The predicted molar refractivity (Wildman–Crippen MR) is 74.2 cm³/mol. The van der Waals surface area contributed by atoms with Crippen molar-refractivity contribution in [2.24, 2.45) is 0 Å². The molecule has 0 aliphatic rings. The Hall–Kier alpha value is -2.56. The minimum Gasteiger partial charge on any atom is -0.481 e. The van der Waals surface area contributed by atoms with E-state index in [4.69, 9.17) is 4.74 Å². The first-order chi connectivity index (χ1) is 9.36. The Bertz CT molecular complexity index is 675. The maximum Gasteiger partial charge on any atom is 0.212 e. The normalized spacial score (nSPS) is 10.6. The first-order valence-corrected chi connectivity index (χ1v) is 6.02. The van der Waals surface area contributed by atoms with Crippen LogP contribution in [0.25, 0.3) is 10.9 Å². The van der Waals surface area contributed by atoms with Crippen molar-refractivity contribution in [3.8, 4) is 5.88 Å². The summed E-state index contributed by atoms with van der Waals surface area (Å²) in [5.74, 6) is 0.626. The quantitative estimate of drug-likeness (QED) is 0.751. The molecule has 0 saturated heterocycles. The van der Waals surface area contributed by atoms with Gasteiger partial charge in [-0.2, -0.15) is 5.10 Å². The fraction of sp³-hybridized carbons (Fsp3) is 0.143. The molecule has 0 amide bonds. The van der Waals surface area contributed by atoms with Crippen LogP contribution in [0.5, 0.6) is 5.88 Å². The molecule has 0 radical (unpaired) electrons. The standard InChI is InChI=1S/C14H14N4O/c1-19-14-6-5-10(8-16-14)7-15-12-3-2-4-13-11(12)9-17-18-13/h2-6,8-9,15H,7H2,1H3,(H,17,18). The Kier molecular flexibility index (Phi) is 3.02. The van der Waals surface area contributed by atoms with Crippen LogP contribution in [0.2, 0.25) is 0 Å². The Labute approximate surface area is 110 Å². The molecule has 0 aliphatic heterocycles. The zero-order valence-corrected chi connectivity index (χ0v) is 10.6. The highest BCUT2D eigenvalue weighted by atomic mass is 16.5. The Morgan fingerprint density at radius 1 is 1.21 bits per heavy atom. The number of H-pyrrole nitrogens is 1. The number of fused-ring (bicyclic) bond motifs is 1. The lowest BCUT2D eigenvalue weighted by Gasteiger charge is -2.07. The first-order valence-electron chi connectivity index (χ1n) is 6.02. The molecule has 0 aliphatic carbocycles. The number of anilines is 1. The summed E-state index contributed by atoms with van der Waals surface area (Å²) in [7, 11) is 1.61. The van der Waals surface area contributed by atoms with Gasteiger partial charge in [-0.1, -0.05) is 12.1 Å². The zero-order chi connectivity index (χ0) is 13.1. The van der Waals surface area contributed by atoms with Crippen molar-refractivity contribution in [1.82, 2.24) is 15.2 Å². The molecule has 3 rings (SSSR count). The molecule has 0 saturated carbocycles. The number of hydrogen-bond acceptors (Lipinski definition) is 4. The molecule has 19 heavy (non-hydrogen) atoms. The number of nitrogens with zero attached hydrogens (tertiary/aromatic N) is 2. The van der Waals surface area contributed by atoms with Crippen LogP contribution in [0.4, 0.5) is 5.69 Å². The monoisotopic (exact) mass is 254 g/mol. The summed E-state index contributed by atoms with van der Waals surface area (Å²) >= 11 is 0. The number of aromatic amines is 1. The van der Waals surface area contributed by atoms with E-state index in [1.54, 1.807) is 13.3 Å². The van der Waals surface area contributed by atoms with Crippen LogP contribution < -0.4 is 10.1 Å². The third-order valence-electron chi connectivity index (χ3n) is 2.97. The molecule has 1 aromatic carbocycles. The molecule has 0 unspecified atom stereocenters. The molecule has 96 valence electrons. The molecule has 5 heteroatoms. The van der Waals surface area contributed by atoms with Crippen LogP contribution in [0.3, 0.4) is 0 Å². The highest BCUT2D eigenvalue weighted by molar-refractivity contribution is 5.90. The highest BCUT2D eigenvalue weighted by Gasteiger charge is 2.02. The minimum atomic E-state index is 0.626. The van der Waals surface area contributed by atoms with Crippen molar-refractivity contribution in [2.45, 2.75) is 6.54 Å². The molecular formula is C14H14N4O. The van der Waals surface area contributed by atoms with Crippen molar-refractivity contribution in [2.75, 3.05) is 12.4 Å². The molecule has 5 nitrogen and oxygen atoms in total. The summed E-state index contributed by atoms with van der Waals surface area (Å²) in [5.41, 5.74) is 3.18. The van der Waals surface area contributed by atoms with E-state index < -0.39 is 0 Å². The second-order valence-corrected chi connectivity index (χ2v) is 4.20. The second-order valence-electron chi connectivity index (χ2n) is 4.20. The summed E-state index contributed by atoms with van der Waals surface area (Å²) in [6.45, 7) is 0.710. The zero-order valence-electron chi connectivity index (χ0n) is 10.6. The van der Waals surface area contributed by atoms with Gasteiger partial charge >= 0.3 is 0 Å². The number of methoxy groups -OCH3 is 1. The Balaban J connectivity index is 1.76. The molecule has 0 bridgehead atoms. The van der Waals surface area contributed by atoms with Crippen LogP contribution >= 0.6 is 0 Å². The summed E-state index contributed by atoms with van der Waals surface area (Å²) in [6, 6.07) is 9.89. The maximum absolute atomic E-state index is 5.04. The minimum absolute atomic E-state index is 0.626. The van der Waals surface area contributed by atoms with Gasteiger partial charge in [0.25, 0.3) is 0 Å². The van der Waals surface area contributed by atoms with Gasteiger partial charge in [0.2, 0.25) is 5.88 Å². The lowest BCUT2D eigenvalue weighted by molar-refractivity contribution is 0.397. The van der Waals surface area contributed by atoms with Crippen LogP contribution in [0.1, 0.15) is 5.56 Å². The lowest BCUT2D eigenvalue weighted by Crippen LogP contribution is -2.00. The molecule has 3 aromatic rings. The molecule has 2 N–H and O–H groups in total. The van der Waals surface area contributed by atoms with Crippen molar-refractivity contribution in [3.05, 3.63) is 48.3 Å². The number of rotatable bonds is 4. The highest BCUT2D eigenvalue weighted by Crippen LogP contribution is 2.21. The van der Waals surface area contributed by atoms with Gasteiger partial charge in [-0.15, -0.1) is 0 Å². The van der Waals surface area contributed by atoms with E-state index >= 15 is 0 Å². The SMILES string of the molecule is COc1ccc(CNc2cccc3[nH]ncc23)cn1. The lowest BCUT2D eigenvalue weighted by atomic mass is 10.2. The fourth-order valence-electron chi connectivity index (χ4n) is 1.96. The van der Waals surface area contributed by atoms with E-state index in [-0.39, 0.29) is 0 Å². The number of pyridine rings is 1. The number of ether oxygens (including phenoxy) is 1. The van der Waals surface area contributed by atoms with E-state index in [1.807, 2.05) is 36.5 Å². The van der Waals surface area contributed by atoms with Gasteiger partial charge in [-0.3, -0.25) is 5.10 Å². The summed E-state index contributed by atoms with van der Waals surface area (Å²) in [6.07, 6.45) is 3.63. The van der Waals surface area contributed by atoms with E-state index in [9.17, 15) is 0 Å². The predicted octanol–water partition coefficient (Wildman–Crippen LogP) is 2.58. The third-order valence-corrected chi connectivity index (χ3v) is 2.97. The van der Waals surface area contributed by atoms with E-state index in [1.165, 1.54) is 0 Å². The van der Waals surface area contributed by atoms with Crippen LogP contribution in [-0.2, 0) is 6.54 Å². The molecule has 0 atom stereocenters. The van der Waals surface area contributed by atoms with E-state index in [2.05, 4.69) is 20.5 Å². The fourth-order valence-corrected chi connectivity index (χ4v) is 1.96. The van der Waals surface area contributed by atoms with Gasteiger partial charge in [-0.25, -0.2) is 4.98 Å². The second kappa shape index (κ2) is 4.97. The average molecular weight is 254 g/mol. The summed E-state index contributed by atoms with van der Waals surface area (Å²) < 4.78 is 5.04. The van der Waals surface area contributed by atoms with Gasteiger partial charge < -0.3 is 10.1 Å². The van der Waals surface area contributed by atoms with Crippen LogP contribution in [-0.4, -0.2) is 22.3 Å². The first kappa shape index (κ1) is 11.5. The van der Waals surface area contributed by atoms with Gasteiger partial charge in [0.15, 0.2) is 0 Å². The number of nitrogens with one attached hydrogen (secondary N) is 2. The number of benzene rings is 1. The van der Waals surface area contributed by atoms with Crippen molar-refractivity contribution in [3.63, 3.8) is 0 Å². The average Bonchev–Trinajstić information content (AvgIpc) is 2.94. The van der Waals surface area contributed by atoms with Crippen LogP contribution in [0, 0.1) is 0 Å². The van der Waals surface area contributed by atoms with Gasteiger partial charge in [0.05, 0.1) is 18.8 Å². The van der Waals surface area contributed by atoms with Gasteiger partial charge in [0, 0.05) is 29.9 Å². The summed E-state index contributed by atoms with van der Waals surface area (Å²) in [5, 5.41) is 11.5. The van der Waals surface area contributed by atoms with Crippen molar-refractivity contribution in [1.29, 1.82) is 0 Å². The molecule has 0 fully saturated rings. The van der Waals surface area contributed by atoms with E-state index in [0.29, 0.717) is 12.4 Å². The molecule has 2 heterocycles. The topological polar surface area (TPSA) is 62.8 Å². The van der Waals surface area contributed by atoms with Crippen molar-refractivity contribution < 1.29 is 4.74 Å². The van der Waals surface area contributed by atoms with Gasteiger partial charge in [0.1, 0.15) is 0 Å². The van der Waals surface area contributed by atoms with Gasteiger partial charge in [-0.05, 0) is 17.7 Å². The largest absolute Gasteiger partial charge is 0.481 e. The van der Waals surface area contributed by atoms with E-state index in [0.717, 1.165) is 22.2 Å². The smallest absolute Gasteiger partial charge is 0.212 e. The number of aromatic nitrogens is 3. The molecule has 2 aromatic heterocycles. The van der Waals surface area contributed by atoms with Crippen LogP contribution in [0.15, 0.2) is 42.7 Å².